The SMILES string of the molecule is CC(C)(C)OC(=O)N1[C@@H](CCSCc2ccc(Cl)cc2)COC1(C)C. The summed E-state index contributed by atoms with van der Waals surface area (Å²) < 4.78 is 11.4. The van der Waals surface area contributed by atoms with Gasteiger partial charge in [-0.2, -0.15) is 11.8 Å². The highest BCUT2D eigenvalue weighted by Crippen LogP contribution is 2.31. The van der Waals surface area contributed by atoms with Gasteiger partial charge in [0, 0.05) is 10.8 Å². The summed E-state index contributed by atoms with van der Waals surface area (Å²) >= 11 is 7.76. The maximum Gasteiger partial charge on any atom is 0.412 e. The highest BCUT2D eigenvalue weighted by Gasteiger charge is 2.45. The minimum Gasteiger partial charge on any atom is -0.444 e. The molecule has 25 heavy (non-hydrogen) atoms. The van der Waals surface area contributed by atoms with Crippen molar-refractivity contribution in [2.75, 3.05) is 12.4 Å². The zero-order valence-electron chi connectivity index (χ0n) is 15.7. The van der Waals surface area contributed by atoms with Gasteiger partial charge in [-0.05, 0) is 64.5 Å². The molecule has 4 nitrogen and oxygen atoms in total. The van der Waals surface area contributed by atoms with Gasteiger partial charge >= 0.3 is 6.09 Å². The molecule has 0 unspecified atom stereocenters. The minimum absolute atomic E-state index is 0.0440. The number of carbonyl (C=O) groups excluding carboxylic acids is 1. The third-order valence-electron chi connectivity index (χ3n) is 3.94. The lowest BCUT2D eigenvalue weighted by molar-refractivity contribution is -0.0624. The molecule has 1 amide bonds. The van der Waals surface area contributed by atoms with Crippen molar-refractivity contribution < 1.29 is 14.3 Å². The summed E-state index contributed by atoms with van der Waals surface area (Å²) in [6, 6.07) is 7.96. The number of rotatable bonds is 5. The van der Waals surface area contributed by atoms with Crippen molar-refractivity contribution in [1.82, 2.24) is 4.90 Å². The molecule has 140 valence electrons. The molecular formula is C19H28ClNO3S. The molecule has 0 aromatic heterocycles. The molecule has 0 aliphatic carbocycles. The van der Waals surface area contributed by atoms with E-state index in [1.54, 1.807) is 4.90 Å². The Bertz CT molecular complexity index is 583. The summed E-state index contributed by atoms with van der Waals surface area (Å²) in [5, 5.41) is 0.757. The molecule has 1 heterocycles. The Balaban J connectivity index is 1.87. The molecule has 1 fully saturated rings. The number of benzene rings is 1. The van der Waals surface area contributed by atoms with Crippen LogP contribution in [-0.2, 0) is 15.2 Å². The molecule has 0 radical (unpaired) electrons. The number of ether oxygens (including phenoxy) is 2. The molecule has 1 aliphatic heterocycles. The van der Waals surface area contributed by atoms with E-state index in [1.807, 2.05) is 70.6 Å². The van der Waals surface area contributed by atoms with E-state index in [1.165, 1.54) is 5.56 Å². The normalized spacial score (nSPS) is 19.9. The smallest absolute Gasteiger partial charge is 0.412 e. The maximum absolute atomic E-state index is 12.6. The Morgan fingerprint density at radius 1 is 1.36 bits per heavy atom. The van der Waals surface area contributed by atoms with Crippen LogP contribution in [0, 0.1) is 0 Å². The average Bonchev–Trinajstić information content (AvgIpc) is 2.78. The number of nitrogens with zero attached hydrogens (tertiary/aromatic N) is 1. The zero-order valence-corrected chi connectivity index (χ0v) is 17.2. The number of halogens is 1. The summed E-state index contributed by atoms with van der Waals surface area (Å²) in [6.07, 6.45) is 0.573. The van der Waals surface area contributed by atoms with Gasteiger partial charge in [0.2, 0.25) is 0 Å². The minimum atomic E-state index is -0.631. The van der Waals surface area contributed by atoms with Crippen molar-refractivity contribution in [3.05, 3.63) is 34.9 Å². The number of amides is 1. The van der Waals surface area contributed by atoms with Crippen LogP contribution in [0.25, 0.3) is 0 Å². The van der Waals surface area contributed by atoms with Crippen molar-refractivity contribution >= 4 is 29.5 Å². The van der Waals surface area contributed by atoms with Crippen molar-refractivity contribution in [2.24, 2.45) is 0 Å². The molecule has 1 aromatic carbocycles. The summed E-state index contributed by atoms with van der Waals surface area (Å²) in [4.78, 5) is 14.3. The Labute approximate surface area is 160 Å². The lowest BCUT2D eigenvalue weighted by Gasteiger charge is -2.35. The van der Waals surface area contributed by atoms with E-state index in [2.05, 4.69) is 0 Å². The predicted molar refractivity (Wildman–Crippen MR) is 104 cm³/mol. The first-order valence-corrected chi connectivity index (χ1v) is 10.1. The van der Waals surface area contributed by atoms with Gasteiger partial charge in [-0.1, -0.05) is 23.7 Å². The standard InChI is InChI=1S/C19H28ClNO3S/c1-18(2,3)24-17(22)21-16(12-23-19(21,4)5)10-11-25-13-14-6-8-15(20)9-7-14/h6-9,16H,10-13H2,1-5H3/t16-/m0/s1. The number of carbonyl (C=O) groups is 1. The molecule has 1 saturated heterocycles. The molecule has 0 spiro atoms. The molecule has 1 atom stereocenters. The number of hydrogen-bond donors (Lipinski definition) is 0. The number of thioether (sulfide) groups is 1. The average molecular weight is 386 g/mol. The molecule has 0 N–H and O–H groups in total. The van der Waals surface area contributed by atoms with Crippen LogP contribution in [0.4, 0.5) is 4.79 Å². The molecule has 6 heteroatoms. The van der Waals surface area contributed by atoms with Crippen LogP contribution in [0.1, 0.15) is 46.6 Å². The molecule has 1 aliphatic rings. The lowest BCUT2D eigenvalue weighted by atomic mass is 10.1. The van der Waals surface area contributed by atoms with Gasteiger partial charge in [-0.25, -0.2) is 4.79 Å². The Morgan fingerprint density at radius 2 is 2.00 bits per heavy atom. The second kappa shape index (κ2) is 8.19. The second-order valence-corrected chi connectivity index (χ2v) is 9.27. The van der Waals surface area contributed by atoms with E-state index < -0.39 is 11.3 Å². The van der Waals surface area contributed by atoms with E-state index in [-0.39, 0.29) is 12.1 Å². The highest BCUT2D eigenvalue weighted by atomic mass is 35.5. The number of hydrogen-bond acceptors (Lipinski definition) is 4. The van der Waals surface area contributed by atoms with E-state index in [0.29, 0.717) is 6.61 Å². The zero-order chi connectivity index (χ0) is 18.7. The summed E-state index contributed by atoms with van der Waals surface area (Å²) in [5.41, 5.74) is 0.110. The summed E-state index contributed by atoms with van der Waals surface area (Å²) in [7, 11) is 0. The topological polar surface area (TPSA) is 38.8 Å². The van der Waals surface area contributed by atoms with Crippen LogP contribution >= 0.6 is 23.4 Å². The predicted octanol–water partition coefficient (Wildman–Crippen LogP) is 5.34. The van der Waals surface area contributed by atoms with Crippen molar-refractivity contribution in [3.8, 4) is 0 Å². The van der Waals surface area contributed by atoms with Gasteiger partial charge < -0.3 is 9.47 Å². The molecule has 2 rings (SSSR count). The van der Waals surface area contributed by atoms with Gasteiger partial charge in [0.05, 0.1) is 12.6 Å². The van der Waals surface area contributed by atoms with Gasteiger partial charge in [0.25, 0.3) is 0 Å². The van der Waals surface area contributed by atoms with E-state index in [4.69, 9.17) is 21.1 Å². The third kappa shape index (κ3) is 6.08. The van der Waals surface area contributed by atoms with Gasteiger partial charge in [0.15, 0.2) is 0 Å². The van der Waals surface area contributed by atoms with Crippen LogP contribution in [-0.4, -0.2) is 40.7 Å². The van der Waals surface area contributed by atoms with Crippen molar-refractivity contribution in [2.45, 2.75) is 64.2 Å². The second-order valence-electron chi connectivity index (χ2n) is 7.73. The van der Waals surface area contributed by atoms with Crippen LogP contribution in [0.15, 0.2) is 24.3 Å². The Hall–Kier alpha value is -0.910. The first kappa shape index (κ1) is 20.4. The molecule has 1 aromatic rings. The largest absolute Gasteiger partial charge is 0.444 e. The van der Waals surface area contributed by atoms with Crippen LogP contribution < -0.4 is 0 Å². The fourth-order valence-corrected chi connectivity index (χ4v) is 3.90. The van der Waals surface area contributed by atoms with E-state index in [9.17, 15) is 4.79 Å². The van der Waals surface area contributed by atoms with Gasteiger partial charge in [-0.3, -0.25) is 4.90 Å². The van der Waals surface area contributed by atoms with Crippen LogP contribution in [0.2, 0.25) is 5.02 Å². The summed E-state index contributed by atoms with van der Waals surface area (Å²) in [5.74, 6) is 1.88. The van der Waals surface area contributed by atoms with Crippen molar-refractivity contribution in [1.29, 1.82) is 0 Å². The van der Waals surface area contributed by atoms with Gasteiger partial charge in [0.1, 0.15) is 11.3 Å². The quantitative estimate of drug-likeness (QED) is 0.641. The Morgan fingerprint density at radius 3 is 2.60 bits per heavy atom. The van der Waals surface area contributed by atoms with E-state index in [0.717, 1.165) is 22.9 Å². The van der Waals surface area contributed by atoms with Crippen molar-refractivity contribution in [3.63, 3.8) is 0 Å². The molecule has 0 saturated carbocycles. The fourth-order valence-electron chi connectivity index (χ4n) is 2.77. The lowest BCUT2D eigenvalue weighted by Crippen LogP contribution is -2.50. The Kier molecular flexibility index (Phi) is 6.68. The van der Waals surface area contributed by atoms with E-state index >= 15 is 0 Å². The third-order valence-corrected chi connectivity index (χ3v) is 5.26. The molecule has 0 bridgehead atoms. The maximum atomic E-state index is 12.6. The first-order valence-electron chi connectivity index (χ1n) is 8.57. The monoisotopic (exact) mass is 385 g/mol. The van der Waals surface area contributed by atoms with Crippen LogP contribution in [0.3, 0.4) is 0 Å². The fraction of sp³-hybridized carbons (Fsp3) is 0.632. The molecular weight excluding hydrogens is 358 g/mol. The first-order chi connectivity index (χ1) is 11.6. The van der Waals surface area contributed by atoms with Crippen LogP contribution in [0.5, 0.6) is 0 Å². The summed E-state index contributed by atoms with van der Waals surface area (Å²) in [6.45, 7) is 10.0. The van der Waals surface area contributed by atoms with Gasteiger partial charge in [-0.15, -0.1) is 0 Å². The highest BCUT2D eigenvalue weighted by molar-refractivity contribution is 7.98.